The number of ketones is 1. The summed E-state index contributed by atoms with van der Waals surface area (Å²) in [5, 5.41) is 0. The van der Waals surface area contributed by atoms with Crippen molar-refractivity contribution in [2.75, 3.05) is 13.2 Å². The van der Waals surface area contributed by atoms with Gasteiger partial charge in [0.05, 0.1) is 24.5 Å². The van der Waals surface area contributed by atoms with Crippen LogP contribution in [0.25, 0.3) is 0 Å². The van der Waals surface area contributed by atoms with Gasteiger partial charge in [0.15, 0.2) is 11.4 Å². The van der Waals surface area contributed by atoms with Crippen molar-refractivity contribution in [2.45, 2.75) is 39.2 Å². The lowest BCUT2D eigenvalue weighted by molar-refractivity contribution is -0.168. The van der Waals surface area contributed by atoms with Crippen LogP contribution in [0.5, 0.6) is 0 Å². The average molecular weight is 290 g/mol. The van der Waals surface area contributed by atoms with E-state index in [-0.39, 0.29) is 11.8 Å². The SMILES string of the molecule is C=CCC12C(=O)C3(CO3)C(C)(C=C1C)CC2C(=O)OCC. The summed E-state index contributed by atoms with van der Waals surface area (Å²) in [7, 11) is 0. The first-order valence-electron chi connectivity index (χ1n) is 7.54. The van der Waals surface area contributed by atoms with Gasteiger partial charge in [0.25, 0.3) is 0 Å². The zero-order valence-corrected chi connectivity index (χ0v) is 12.9. The van der Waals surface area contributed by atoms with Crippen molar-refractivity contribution in [1.82, 2.24) is 0 Å². The topological polar surface area (TPSA) is 55.9 Å². The van der Waals surface area contributed by atoms with Gasteiger partial charge in [0.1, 0.15) is 0 Å². The van der Waals surface area contributed by atoms with Gasteiger partial charge in [-0.2, -0.15) is 0 Å². The molecule has 4 unspecified atom stereocenters. The number of hydrogen-bond donors (Lipinski definition) is 0. The maximum Gasteiger partial charge on any atom is 0.310 e. The highest BCUT2D eigenvalue weighted by molar-refractivity contribution is 6.04. The monoisotopic (exact) mass is 290 g/mol. The second kappa shape index (κ2) is 4.29. The molecule has 1 aliphatic heterocycles. The number of Topliss-reactive ketones (excluding diaryl/α,β-unsaturated/α-hetero) is 1. The van der Waals surface area contributed by atoms with Gasteiger partial charge in [-0.25, -0.2) is 0 Å². The van der Waals surface area contributed by atoms with Crippen molar-refractivity contribution in [1.29, 1.82) is 0 Å². The minimum Gasteiger partial charge on any atom is -0.466 e. The van der Waals surface area contributed by atoms with Gasteiger partial charge < -0.3 is 9.47 Å². The van der Waals surface area contributed by atoms with Crippen LogP contribution in [-0.2, 0) is 19.1 Å². The lowest BCUT2D eigenvalue weighted by Crippen LogP contribution is -2.64. The van der Waals surface area contributed by atoms with E-state index in [9.17, 15) is 9.59 Å². The van der Waals surface area contributed by atoms with E-state index in [1.165, 1.54) is 0 Å². The Hall–Kier alpha value is -1.42. The third-order valence-corrected chi connectivity index (χ3v) is 5.63. The molecule has 2 fully saturated rings. The molecule has 0 amide bonds. The number of ether oxygens (including phenoxy) is 2. The number of allylic oxidation sites excluding steroid dienone is 2. The summed E-state index contributed by atoms with van der Waals surface area (Å²) >= 11 is 0. The van der Waals surface area contributed by atoms with Crippen molar-refractivity contribution in [3.05, 3.63) is 24.3 Å². The number of esters is 1. The fraction of sp³-hybridized carbons (Fsp3) is 0.647. The van der Waals surface area contributed by atoms with E-state index in [0.29, 0.717) is 26.1 Å². The van der Waals surface area contributed by atoms with E-state index in [4.69, 9.17) is 9.47 Å². The van der Waals surface area contributed by atoms with E-state index in [1.54, 1.807) is 13.0 Å². The summed E-state index contributed by atoms with van der Waals surface area (Å²) in [5.41, 5.74) is -1.00. The molecule has 4 rings (SSSR count). The Bertz CT molecular complexity index is 557. The molecule has 1 saturated carbocycles. The fourth-order valence-electron chi connectivity index (χ4n) is 4.46. The maximum atomic E-state index is 13.2. The van der Waals surface area contributed by atoms with Crippen molar-refractivity contribution in [3.63, 3.8) is 0 Å². The average Bonchev–Trinajstić information content (AvgIpc) is 3.21. The standard InChI is InChI=1S/C17H22O4/c1-5-7-16-11(3)8-15(4,17(10-21-17)14(16)19)9-12(16)13(18)20-6-2/h5,8,12H,1,6-7,9-10H2,2-4H3. The minimum absolute atomic E-state index is 0.0432. The molecule has 0 N–H and O–H groups in total. The van der Waals surface area contributed by atoms with Crippen molar-refractivity contribution >= 4 is 11.8 Å². The van der Waals surface area contributed by atoms with Crippen LogP contribution < -0.4 is 0 Å². The summed E-state index contributed by atoms with van der Waals surface area (Å²) in [6.45, 7) is 10.3. The molecule has 1 heterocycles. The van der Waals surface area contributed by atoms with E-state index in [2.05, 4.69) is 12.7 Å². The molecule has 4 heteroatoms. The lowest BCUT2D eigenvalue weighted by Gasteiger charge is -2.55. The van der Waals surface area contributed by atoms with Crippen molar-refractivity contribution < 1.29 is 19.1 Å². The van der Waals surface area contributed by atoms with Crippen LogP contribution in [0.4, 0.5) is 0 Å². The van der Waals surface area contributed by atoms with Crippen LogP contribution in [0, 0.1) is 16.7 Å². The molecule has 0 radical (unpaired) electrons. The molecule has 1 saturated heterocycles. The van der Waals surface area contributed by atoms with E-state index < -0.39 is 22.3 Å². The van der Waals surface area contributed by atoms with Gasteiger partial charge in [-0.1, -0.05) is 24.6 Å². The predicted octanol–water partition coefficient (Wildman–Crippen LogP) is 2.44. The molecular weight excluding hydrogens is 268 g/mol. The molecule has 0 aromatic heterocycles. The number of rotatable bonds is 4. The highest BCUT2D eigenvalue weighted by Crippen LogP contribution is 2.67. The minimum atomic E-state index is -0.831. The van der Waals surface area contributed by atoms with E-state index in [0.717, 1.165) is 5.57 Å². The normalized spacial score (nSPS) is 43.7. The highest BCUT2D eigenvalue weighted by atomic mass is 16.6. The quantitative estimate of drug-likeness (QED) is 0.453. The Morgan fingerprint density at radius 2 is 2.29 bits per heavy atom. The fourth-order valence-corrected chi connectivity index (χ4v) is 4.46. The van der Waals surface area contributed by atoms with Gasteiger partial charge in [-0.15, -0.1) is 6.58 Å². The van der Waals surface area contributed by atoms with Gasteiger partial charge in [0.2, 0.25) is 0 Å². The van der Waals surface area contributed by atoms with Gasteiger partial charge in [0, 0.05) is 5.41 Å². The Morgan fingerprint density at radius 3 is 2.81 bits per heavy atom. The Balaban J connectivity index is 2.14. The van der Waals surface area contributed by atoms with Gasteiger partial charge in [-0.3, -0.25) is 9.59 Å². The first kappa shape index (κ1) is 14.5. The van der Waals surface area contributed by atoms with Crippen LogP contribution in [0.3, 0.4) is 0 Å². The largest absolute Gasteiger partial charge is 0.466 e. The second-order valence-electron chi connectivity index (χ2n) is 6.66. The molecule has 0 aromatic rings. The van der Waals surface area contributed by atoms with Crippen LogP contribution in [0.1, 0.15) is 33.6 Å². The third-order valence-electron chi connectivity index (χ3n) is 5.63. The first-order chi connectivity index (χ1) is 9.88. The molecular formula is C17H22O4. The van der Waals surface area contributed by atoms with Crippen LogP contribution in [0.15, 0.2) is 24.3 Å². The molecule has 0 aromatic carbocycles. The molecule has 1 spiro atoms. The molecule has 4 aliphatic rings. The summed E-state index contributed by atoms with van der Waals surface area (Å²) < 4.78 is 10.9. The first-order valence-corrected chi connectivity index (χ1v) is 7.54. The Labute approximate surface area is 125 Å². The van der Waals surface area contributed by atoms with Crippen molar-refractivity contribution in [3.8, 4) is 0 Å². The Kier molecular flexibility index (Phi) is 2.97. The molecule has 2 bridgehead atoms. The van der Waals surface area contributed by atoms with Crippen molar-refractivity contribution in [2.24, 2.45) is 16.7 Å². The van der Waals surface area contributed by atoms with E-state index >= 15 is 0 Å². The maximum absolute atomic E-state index is 13.2. The van der Waals surface area contributed by atoms with Crippen LogP contribution >= 0.6 is 0 Å². The van der Waals surface area contributed by atoms with Crippen LogP contribution in [-0.4, -0.2) is 30.6 Å². The number of carbonyl (C=O) groups excluding carboxylic acids is 2. The zero-order chi connectivity index (χ0) is 15.5. The highest BCUT2D eigenvalue weighted by Gasteiger charge is 2.76. The number of hydrogen-bond acceptors (Lipinski definition) is 4. The smallest absolute Gasteiger partial charge is 0.310 e. The molecule has 4 atom stereocenters. The number of fused-ring (bicyclic) bond motifs is 1. The molecule has 21 heavy (non-hydrogen) atoms. The number of carbonyl (C=O) groups is 2. The second-order valence-corrected chi connectivity index (χ2v) is 6.66. The molecule has 3 aliphatic carbocycles. The van der Waals surface area contributed by atoms with Gasteiger partial charge in [-0.05, 0) is 26.7 Å². The Morgan fingerprint density at radius 1 is 1.62 bits per heavy atom. The van der Waals surface area contributed by atoms with E-state index in [1.807, 2.05) is 13.8 Å². The van der Waals surface area contributed by atoms with Crippen LogP contribution in [0.2, 0.25) is 0 Å². The lowest BCUT2D eigenvalue weighted by atomic mass is 9.45. The summed E-state index contributed by atoms with van der Waals surface area (Å²) in [6, 6.07) is 0. The number of epoxide rings is 1. The predicted molar refractivity (Wildman–Crippen MR) is 77.5 cm³/mol. The summed E-state index contributed by atoms with van der Waals surface area (Å²) in [6.07, 6.45) is 4.92. The summed E-state index contributed by atoms with van der Waals surface area (Å²) in [5.74, 6) is -0.670. The van der Waals surface area contributed by atoms with Gasteiger partial charge >= 0.3 is 5.97 Å². The molecule has 114 valence electrons. The third kappa shape index (κ3) is 1.54. The zero-order valence-electron chi connectivity index (χ0n) is 12.9. The molecule has 4 nitrogen and oxygen atoms in total. The summed E-state index contributed by atoms with van der Waals surface area (Å²) in [4.78, 5) is 25.7.